The van der Waals surface area contributed by atoms with Crippen LogP contribution in [0.2, 0.25) is 0 Å². The fourth-order valence-corrected chi connectivity index (χ4v) is 4.09. The lowest BCUT2D eigenvalue weighted by atomic mass is 9.99. The summed E-state index contributed by atoms with van der Waals surface area (Å²) in [6, 6.07) is 15.2. The average molecular weight is 567 g/mol. The number of ether oxygens (including phenoxy) is 4. The van der Waals surface area contributed by atoms with Gasteiger partial charge in [-0.05, 0) is 59.2 Å². The van der Waals surface area contributed by atoms with E-state index in [0.717, 1.165) is 11.6 Å². The molecule has 0 spiro atoms. The number of phenolic OH excluding ortho intramolecular Hbond substituents is 3. The van der Waals surface area contributed by atoms with Crippen molar-refractivity contribution in [1.29, 1.82) is 0 Å². The summed E-state index contributed by atoms with van der Waals surface area (Å²) >= 11 is 0. The lowest BCUT2D eigenvalue weighted by Gasteiger charge is -2.41. The van der Waals surface area contributed by atoms with E-state index in [9.17, 15) is 35.4 Å². The average Bonchev–Trinajstić information content (AvgIpc) is 2.95. The molecule has 0 radical (unpaired) electrons. The van der Waals surface area contributed by atoms with Crippen LogP contribution in [0.15, 0.2) is 66.7 Å². The van der Waals surface area contributed by atoms with E-state index in [4.69, 9.17) is 18.9 Å². The van der Waals surface area contributed by atoms with E-state index in [-0.39, 0.29) is 28.7 Å². The van der Waals surface area contributed by atoms with Crippen LogP contribution in [0.5, 0.6) is 28.7 Å². The van der Waals surface area contributed by atoms with E-state index in [1.807, 2.05) is 0 Å². The van der Waals surface area contributed by atoms with Gasteiger partial charge in [0.15, 0.2) is 17.6 Å². The molecule has 41 heavy (non-hydrogen) atoms. The number of rotatable bonds is 9. The summed E-state index contributed by atoms with van der Waals surface area (Å²) in [7, 11) is 1.38. The lowest BCUT2D eigenvalue weighted by Crippen LogP contribution is -2.61. The molecule has 0 aliphatic carbocycles. The molecule has 0 amide bonds. The van der Waals surface area contributed by atoms with Crippen molar-refractivity contribution in [1.82, 2.24) is 0 Å². The van der Waals surface area contributed by atoms with Gasteiger partial charge in [-0.15, -0.1) is 0 Å². The van der Waals surface area contributed by atoms with Crippen LogP contribution in [0.25, 0.3) is 18.2 Å². The molecule has 216 valence electrons. The summed E-state index contributed by atoms with van der Waals surface area (Å²) in [6.45, 7) is -0.651. The van der Waals surface area contributed by atoms with E-state index < -0.39 is 43.3 Å². The molecule has 6 N–H and O–H groups in total. The van der Waals surface area contributed by atoms with Gasteiger partial charge >= 0.3 is 5.97 Å². The number of phenols is 3. The smallest absolute Gasteiger partial charge is 0.331 e. The van der Waals surface area contributed by atoms with Crippen LogP contribution in [0, 0.1) is 0 Å². The maximum atomic E-state index is 12.6. The number of benzene rings is 3. The fourth-order valence-electron chi connectivity index (χ4n) is 4.09. The third kappa shape index (κ3) is 7.56. The summed E-state index contributed by atoms with van der Waals surface area (Å²) in [5.74, 6) is -0.708. The molecule has 3 aromatic carbocycles. The van der Waals surface area contributed by atoms with Crippen LogP contribution in [-0.2, 0) is 14.3 Å². The zero-order chi connectivity index (χ0) is 29.5. The summed E-state index contributed by atoms with van der Waals surface area (Å²) in [5, 5.41) is 60.2. The molecule has 5 atom stereocenters. The normalized spacial score (nSPS) is 22.6. The molecular formula is C30H30O11. The van der Waals surface area contributed by atoms with Crippen molar-refractivity contribution in [2.45, 2.75) is 30.7 Å². The van der Waals surface area contributed by atoms with Crippen LogP contribution in [-0.4, -0.2) is 81.0 Å². The Morgan fingerprint density at radius 3 is 2.27 bits per heavy atom. The largest absolute Gasteiger partial charge is 0.508 e. The molecule has 1 fully saturated rings. The summed E-state index contributed by atoms with van der Waals surface area (Å²) in [5.41, 5.74) is 1.83. The van der Waals surface area contributed by atoms with E-state index in [2.05, 4.69) is 0 Å². The maximum Gasteiger partial charge on any atom is 0.331 e. The summed E-state index contributed by atoms with van der Waals surface area (Å²) in [6.07, 6.45) is -1.58. The Morgan fingerprint density at radius 1 is 0.854 bits per heavy atom. The number of aliphatic hydroxyl groups excluding tert-OH is 3. The Kier molecular flexibility index (Phi) is 9.48. The van der Waals surface area contributed by atoms with Crippen LogP contribution >= 0.6 is 0 Å². The molecule has 1 heterocycles. The number of esters is 1. The highest BCUT2D eigenvalue weighted by Crippen LogP contribution is 2.30. The molecule has 0 bridgehead atoms. The first kappa shape index (κ1) is 29.4. The number of methoxy groups -OCH3 is 1. The van der Waals surface area contributed by atoms with Gasteiger partial charge in [-0.3, -0.25) is 0 Å². The van der Waals surface area contributed by atoms with Crippen molar-refractivity contribution in [2.75, 3.05) is 13.7 Å². The van der Waals surface area contributed by atoms with Crippen LogP contribution in [0.1, 0.15) is 16.7 Å². The SMILES string of the molecule is COc1cc(C=CC(=O)O[C@H]2[C@H](Oc3cc(O)cc(C=Cc4ccc(O)cc4)c3)O[C@@H](CO)[C@H](O)[C@H]2O)ccc1O. The van der Waals surface area contributed by atoms with Gasteiger partial charge in [0.2, 0.25) is 6.29 Å². The molecule has 11 heteroatoms. The molecule has 1 aliphatic heterocycles. The third-order valence-corrected chi connectivity index (χ3v) is 6.22. The van der Waals surface area contributed by atoms with Crippen molar-refractivity contribution in [2.24, 2.45) is 0 Å². The minimum atomic E-state index is -1.68. The number of hydrogen-bond donors (Lipinski definition) is 6. The standard InChI is InChI=1S/C30H30O11/c1-38-24-14-18(6-10-23(24)34)7-11-26(35)41-29-28(37)27(36)25(16-31)40-30(29)39-22-13-19(12-21(33)15-22)3-2-17-4-8-20(32)9-5-17/h2-15,25,27-34,36-37H,16H2,1H3/t25-,27-,28+,29+,30+/m0/s1. The van der Waals surface area contributed by atoms with Gasteiger partial charge in [0.05, 0.1) is 13.7 Å². The molecule has 1 saturated heterocycles. The zero-order valence-corrected chi connectivity index (χ0v) is 21.9. The van der Waals surface area contributed by atoms with Crippen molar-refractivity contribution in [3.63, 3.8) is 0 Å². The summed E-state index contributed by atoms with van der Waals surface area (Å²) in [4.78, 5) is 12.6. The van der Waals surface area contributed by atoms with Gasteiger partial charge in [-0.2, -0.15) is 0 Å². The molecule has 0 saturated carbocycles. The first-order valence-electron chi connectivity index (χ1n) is 12.5. The molecule has 11 nitrogen and oxygen atoms in total. The van der Waals surface area contributed by atoms with Crippen molar-refractivity contribution >= 4 is 24.2 Å². The van der Waals surface area contributed by atoms with Gasteiger partial charge in [0.1, 0.15) is 35.6 Å². The van der Waals surface area contributed by atoms with Gasteiger partial charge in [-0.1, -0.05) is 30.4 Å². The molecule has 4 rings (SSSR count). The van der Waals surface area contributed by atoms with Gasteiger partial charge in [0.25, 0.3) is 0 Å². The molecule has 1 aliphatic rings. The highest BCUT2D eigenvalue weighted by Gasteiger charge is 2.47. The number of carbonyl (C=O) groups excluding carboxylic acids is 1. The van der Waals surface area contributed by atoms with Crippen LogP contribution in [0.4, 0.5) is 0 Å². The second kappa shape index (κ2) is 13.2. The highest BCUT2D eigenvalue weighted by atomic mass is 16.7. The first-order valence-corrected chi connectivity index (χ1v) is 12.5. The number of aromatic hydroxyl groups is 3. The zero-order valence-electron chi connectivity index (χ0n) is 21.9. The van der Waals surface area contributed by atoms with Gasteiger partial charge in [0, 0.05) is 12.1 Å². The monoisotopic (exact) mass is 566 g/mol. The second-order valence-electron chi connectivity index (χ2n) is 9.18. The van der Waals surface area contributed by atoms with E-state index in [0.29, 0.717) is 11.1 Å². The molecule has 0 aromatic heterocycles. The van der Waals surface area contributed by atoms with Gasteiger partial charge < -0.3 is 49.6 Å². The second-order valence-corrected chi connectivity index (χ2v) is 9.18. The Balaban J connectivity index is 1.52. The number of hydrogen-bond acceptors (Lipinski definition) is 11. The molecular weight excluding hydrogens is 536 g/mol. The predicted molar refractivity (Wildman–Crippen MR) is 147 cm³/mol. The van der Waals surface area contributed by atoms with Gasteiger partial charge in [-0.25, -0.2) is 4.79 Å². The number of carbonyl (C=O) groups is 1. The summed E-state index contributed by atoms with van der Waals surface area (Å²) < 4.78 is 21.9. The number of aliphatic hydroxyl groups is 3. The van der Waals surface area contributed by atoms with Crippen molar-refractivity contribution < 1.29 is 54.4 Å². The Morgan fingerprint density at radius 2 is 1.56 bits per heavy atom. The highest BCUT2D eigenvalue weighted by molar-refractivity contribution is 5.87. The minimum Gasteiger partial charge on any atom is -0.508 e. The quantitative estimate of drug-likeness (QED) is 0.127. The van der Waals surface area contributed by atoms with E-state index in [1.54, 1.807) is 30.4 Å². The lowest BCUT2D eigenvalue weighted by molar-refractivity contribution is -0.281. The predicted octanol–water partition coefficient (Wildman–Crippen LogP) is 2.43. The molecule has 3 aromatic rings. The topological polar surface area (TPSA) is 175 Å². The maximum absolute atomic E-state index is 12.6. The third-order valence-electron chi connectivity index (χ3n) is 6.22. The van der Waals surface area contributed by atoms with E-state index in [1.165, 1.54) is 55.7 Å². The molecule has 0 unspecified atom stereocenters. The fraction of sp³-hybridized carbons (Fsp3) is 0.233. The van der Waals surface area contributed by atoms with Crippen LogP contribution < -0.4 is 9.47 Å². The Bertz CT molecular complexity index is 1400. The Labute approximate surface area is 235 Å². The van der Waals surface area contributed by atoms with Crippen molar-refractivity contribution in [3.05, 3.63) is 83.4 Å². The van der Waals surface area contributed by atoms with Crippen molar-refractivity contribution in [3.8, 4) is 28.7 Å². The first-order chi connectivity index (χ1) is 19.7. The minimum absolute atomic E-state index is 0.0759. The van der Waals surface area contributed by atoms with E-state index >= 15 is 0 Å². The Hall–Kier alpha value is -4.55. The van der Waals surface area contributed by atoms with Crippen LogP contribution in [0.3, 0.4) is 0 Å².